The molecule has 0 bridgehead atoms. The number of carbonyl (C=O) groups excluding carboxylic acids is 2. The Morgan fingerprint density at radius 2 is 1.20 bits per heavy atom. The van der Waals surface area contributed by atoms with Gasteiger partial charge >= 0.3 is 11.9 Å². The van der Waals surface area contributed by atoms with Crippen LogP contribution in [0.25, 0.3) is 22.3 Å². The molecule has 0 saturated carbocycles. The molecule has 45 heavy (non-hydrogen) atoms. The zero-order valence-electron chi connectivity index (χ0n) is 26.8. The van der Waals surface area contributed by atoms with E-state index in [-0.39, 0.29) is 12.0 Å². The Morgan fingerprint density at radius 3 is 1.84 bits per heavy atom. The summed E-state index contributed by atoms with van der Waals surface area (Å²) in [5.74, 6) is -1.37. The first kappa shape index (κ1) is 35.9. The summed E-state index contributed by atoms with van der Waals surface area (Å²) < 4.78 is 32.5. The lowest BCUT2D eigenvalue weighted by Crippen LogP contribution is -2.25. The topological polar surface area (TPSA) is 61.8 Å². The summed E-state index contributed by atoms with van der Waals surface area (Å²) in [7, 11) is 0. The van der Waals surface area contributed by atoms with Crippen molar-refractivity contribution in [1.82, 2.24) is 0 Å². The number of hydrogen-bond donors (Lipinski definition) is 0. The summed E-state index contributed by atoms with van der Waals surface area (Å²) in [6.45, 7) is 4.65. The number of hydrogen-bond acceptors (Lipinski definition) is 5. The zero-order chi connectivity index (χ0) is 32.3. The van der Waals surface area contributed by atoms with E-state index in [4.69, 9.17) is 14.5 Å². The highest BCUT2D eigenvalue weighted by atomic mass is 19.3. The molecule has 0 aliphatic carbocycles. The molecule has 0 aromatic heterocycles. The molecular formula is C38H48F2O5. The van der Waals surface area contributed by atoms with E-state index in [1.807, 2.05) is 36.4 Å². The third-order valence-electron chi connectivity index (χ3n) is 7.87. The van der Waals surface area contributed by atoms with Gasteiger partial charge in [0, 0.05) is 0 Å². The first-order chi connectivity index (χ1) is 21.9. The molecule has 3 rings (SSSR count). The van der Waals surface area contributed by atoms with Crippen molar-refractivity contribution >= 4 is 11.9 Å². The predicted molar refractivity (Wildman–Crippen MR) is 175 cm³/mol. The minimum atomic E-state index is -2.74. The number of esters is 1. The van der Waals surface area contributed by atoms with Gasteiger partial charge in [0.25, 0.3) is 6.43 Å². The minimum absolute atomic E-state index is 0.139. The monoisotopic (exact) mass is 622 g/mol. The van der Waals surface area contributed by atoms with E-state index in [1.165, 1.54) is 19.3 Å². The van der Waals surface area contributed by atoms with Crippen LogP contribution in [0, 0.1) is 0 Å². The second-order valence-corrected chi connectivity index (χ2v) is 11.5. The third kappa shape index (κ3) is 12.4. The SMILES string of the molecule is CCCCCCCCOOC(=O)c1ccc(-c2ccccc2)c(-c2ccc(C(=O)OC(CCCCCCCC)C(F)F)cc2)c1. The largest absolute Gasteiger partial charge is 0.453 e. The predicted octanol–water partition coefficient (Wildman–Crippen LogP) is 11.0. The van der Waals surface area contributed by atoms with Gasteiger partial charge in [-0.05, 0) is 65.8 Å². The van der Waals surface area contributed by atoms with Crippen molar-refractivity contribution in [2.75, 3.05) is 6.61 Å². The molecule has 0 heterocycles. The van der Waals surface area contributed by atoms with E-state index in [1.54, 1.807) is 36.4 Å². The summed E-state index contributed by atoms with van der Waals surface area (Å²) in [5.41, 5.74) is 3.83. The maximum atomic E-state index is 13.6. The van der Waals surface area contributed by atoms with Crippen LogP contribution >= 0.6 is 0 Å². The molecule has 244 valence electrons. The molecule has 0 radical (unpaired) electrons. The van der Waals surface area contributed by atoms with Gasteiger partial charge in [-0.3, -0.25) is 4.89 Å². The highest BCUT2D eigenvalue weighted by Crippen LogP contribution is 2.33. The van der Waals surface area contributed by atoms with Gasteiger partial charge in [0.05, 0.1) is 17.7 Å². The summed E-state index contributed by atoms with van der Waals surface area (Å²) in [4.78, 5) is 35.9. The fourth-order valence-electron chi connectivity index (χ4n) is 5.22. The summed E-state index contributed by atoms with van der Waals surface area (Å²) in [6.07, 6.45) is 8.34. The molecule has 0 aliphatic rings. The first-order valence-corrected chi connectivity index (χ1v) is 16.6. The number of benzene rings is 3. The smallest absolute Gasteiger partial charge is 0.373 e. The molecule has 7 heteroatoms. The maximum Gasteiger partial charge on any atom is 0.373 e. The van der Waals surface area contributed by atoms with Crippen LogP contribution in [0.2, 0.25) is 0 Å². The van der Waals surface area contributed by atoms with E-state index in [9.17, 15) is 18.4 Å². The standard InChI is InChI=1S/C38H48F2O5/c1-3-5-7-9-11-16-20-35(36(39)40)44-37(41)31-23-21-30(22-24-31)34-28-32(25-26-33(34)29-18-14-13-15-19-29)38(42)45-43-27-17-12-10-8-6-4-2/h13-15,18-19,21-26,28,35-36H,3-12,16-17,20,27H2,1-2H3. The van der Waals surface area contributed by atoms with Crippen LogP contribution < -0.4 is 0 Å². The number of rotatable bonds is 21. The normalized spacial score (nSPS) is 11.8. The van der Waals surface area contributed by atoms with Crippen LogP contribution in [0.1, 0.15) is 118 Å². The Morgan fingerprint density at radius 1 is 0.622 bits per heavy atom. The van der Waals surface area contributed by atoms with Crippen LogP contribution in [0.3, 0.4) is 0 Å². The molecule has 1 unspecified atom stereocenters. The Balaban J connectivity index is 1.68. The van der Waals surface area contributed by atoms with Gasteiger partial charge in [-0.25, -0.2) is 18.4 Å². The molecule has 3 aromatic carbocycles. The lowest BCUT2D eigenvalue weighted by molar-refractivity contribution is -0.241. The second-order valence-electron chi connectivity index (χ2n) is 11.5. The Labute approximate surface area is 267 Å². The number of alkyl halides is 2. The highest BCUT2D eigenvalue weighted by molar-refractivity contribution is 5.95. The molecule has 3 aromatic rings. The lowest BCUT2D eigenvalue weighted by Gasteiger charge is -2.17. The van der Waals surface area contributed by atoms with Gasteiger partial charge in [-0.15, -0.1) is 0 Å². The van der Waals surface area contributed by atoms with Crippen molar-refractivity contribution in [3.8, 4) is 22.3 Å². The van der Waals surface area contributed by atoms with Crippen LogP contribution in [0.15, 0.2) is 72.8 Å². The van der Waals surface area contributed by atoms with Crippen molar-refractivity contribution in [1.29, 1.82) is 0 Å². The van der Waals surface area contributed by atoms with E-state index in [0.29, 0.717) is 18.6 Å². The minimum Gasteiger partial charge on any atom is -0.453 e. The average molecular weight is 623 g/mol. The van der Waals surface area contributed by atoms with E-state index >= 15 is 0 Å². The van der Waals surface area contributed by atoms with Crippen molar-refractivity contribution in [3.05, 3.63) is 83.9 Å². The van der Waals surface area contributed by atoms with Crippen LogP contribution in [-0.4, -0.2) is 31.1 Å². The summed E-state index contributed by atoms with van der Waals surface area (Å²) in [6, 6.07) is 21.6. The van der Waals surface area contributed by atoms with Gasteiger partial charge in [-0.1, -0.05) is 127 Å². The van der Waals surface area contributed by atoms with Gasteiger partial charge in [0.2, 0.25) is 0 Å². The lowest BCUT2D eigenvalue weighted by atomic mass is 9.92. The van der Waals surface area contributed by atoms with E-state index in [0.717, 1.165) is 73.6 Å². The molecular weight excluding hydrogens is 574 g/mol. The molecule has 0 aliphatic heterocycles. The maximum absolute atomic E-state index is 13.6. The Kier molecular flexibility index (Phi) is 16.3. The summed E-state index contributed by atoms with van der Waals surface area (Å²) >= 11 is 0. The molecule has 0 amide bonds. The van der Waals surface area contributed by atoms with Gasteiger partial charge in [-0.2, -0.15) is 4.89 Å². The molecule has 0 saturated heterocycles. The molecule has 5 nitrogen and oxygen atoms in total. The Bertz CT molecular complexity index is 1280. The molecule has 0 fully saturated rings. The van der Waals surface area contributed by atoms with Crippen molar-refractivity contribution < 1.29 is 32.9 Å². The van der Waals surface area contributed by atoms with Gasteiger partial charge < -0.3 is 4.74 Å². The number of ether oxygens (including phenoxy) is 1. The average Bonchev–Trinajstić information content (AvgIpc) is 3.07. The van der Waals surface area contributed by atoms with Crippen molar-refractivity contribution in [3.63, 3.8) is 0 Å². The van der Waals surface area contributed by atoms with Gasteiger partial charge in [0.1, 0.15) is 0 Å². The number of halogens is 2. The molecule has 0 spiro atoms. The first-order valence-electron chi connectivity index (χ1n) is 16.6. The second kappa shape index (κ2) is 20.5. The van der Waals surface area contributed by atoms with Gasteiger partial charge in [0.15, 0.2) is 6.10 Å². The van der Waals surface area contributed by atoms with Crippen molar-refractivity contribution in [2.24, 2.45) is 0 Å². The Hall–Kier alpha value is -3.58. The fourth-order valence-corrected chi connectivity index (χ4v) is 5.22. The number of unbranched alkanes of at least 4 members (excludes halogenated alkanes) is 10. The zero-order valence-corrected chi connectivity index (χ0v) is 26.8. The van der Waals surface area contributed by atoms with Crippen LogP contribution in [-0.2, 0) is 14.5 Å². The van der Waals surface area contributed by atoms with E-state index in [2.05, 4.69) is 13.8 Å². The fraction of sp³-hybridized carbons (Fsp3) is 0.474. The van der Waals surface area contributed by atoms with Crippen LogP contribution in [0.5, 0.6) is 0 Å². The van der Waals surface area contributed by atoms with Crippen molar-refractivity contribution in [2.45, 2.75) is 110 Å². The third-order valence-corrected chi connectivity index (χ3v) is 7.87. The van der Waals surface area contributed by atoms with Crippen LogP contribution in [0.4, 0.5) is 8.78 Å². The summed E-state index contributed by atoms with van der Waals surface area (Å²) in [5, 5.41) is 0. The van der Waals surface area contributed by atoms with E-state index < -0.39 is 24.5 Å². The quantitative estimate of drug-likeness (QED) is 0.0512. The highest BCUT2D eigenvalue weighted by Gasteiger charge is 2.25. The molecule has 0 N–H and O–H groups in total. The molecule has 1 atom stereocenters. The number of carbonyl (C=O) groups is 2.